The molecule has 0 radical (unpaired) electrons. The van der Waals surface area contributed by atoms with Gasteiger partial charge in [-0.2, -0.15) is 10.5 Å². The van der Waals surface area contributed by atoms with Gasteiger partial charge >= 0.3 is 0 Å². The summed E-state index contributed by atoms with van der Waals surface area (Å²) in [5.74, 6) is -0.289. The highest BCUT2D eigenvalue weighted by atomic mass is 35.5. The molecular formula is C26H19Cl2N3O2. The minimum absolute atomic E-state index is 0.100. The molecule has 1 amide bonds. The van der Waals surface area contributed by atoms with Gasteiger partial charge in [-0.15, -0.1) is 0 Å². The van der Waals surface area contributed by atoms with E-state index in [4.69, 9.17) is 27.9 Å². The summed E-state index contributed by atoms with van der Waals surface area (Å²) < 4.78 is 5.75. The van der Waals surface area contributed by atoms with Gasteiger partial charge in [-0.3, -0.25) is 4.79 Å². The Morgan fingerprint density at radius 2 is 1.73 bits per heavy atom. The minimum atomic E-state index is -0.540. The second-order valence-corrected chi connectivity index (χ2v) is 8.11. The van der Waals surface area contributed by atoms with E-state index in [0.717, 1.165) is 11.1 Å². The summed E-state index contributed by atoms with van der Waals surface area (Å²) in [6.07, 6.45) is 1.41. The van der Waals surface area contributed by atoms with Gasteiger partial charge in [0.1, 0.15) is 18.2 Å². The van der Waals surface area contributed by atoms with Crippen molar-refractivity contribution in [3.8, 4) is 17.9 Å². The molecule has 3 rings (SSSR count). The normalized spacial score (nSPS) is 10.8. The Kier molecular flexibility index (Phi) is 7.74. The highest BCUT2D eigenvalue weighted by molar-refractivity contribution is 6.37. The first-order chi connectivity index (χ1) is 15.8. The summed E-state index contributed by atoms with van der Waals surface area (Å²) in [6.45, 7) is 4.03. The minimum Gasteiger partial charge on any atom is -0.486 e. The summed E-state index contributed by atoms with van der Waals surface area (Å²) in [7, 11) is 0. The Balaban J connectivity index is 1.79. The largest absolute Gasteiger partial charge is 0.486 e. The number of halogens is 2. The van der Waals surface area contributed by atoms with Crippen molar-refractivity contribution in [2.45, 2.75) is 20.5 Å². The Hall–Kier alpha value is -3.77. The number of aryl methyl sites for hydroxylation is 2. The maximum absolute atomic E-state index is 12.6. The van der Waals surface area contributed by atoms with Crippen LogP contribution in [-0.2, 0) is 11.4 Å². The molecule has 0 unspecified atom stereocenters. The third-order valence-electron chi connectivity index (χ3n) is 4.97. The molecule has 5 nitrogen and oxygen atoms in total. The molecule has 0 saturated heterocycles. The van der Waals surface area contributed by atoms with Crippen LogP contribution in [0.25, 0.3) is 6.08 Å². The molecule has 7 heteroatoms. The molecular weight excluding hydrogens is 457 g/mol. The van der Waals surface area contributed by atoms with Crippen molar-refractivity contribution in [1.82, 2.24) is 0 Å². The average molecular weight is 476 g/mol. The molecule has 0 aliphatic carbocycles. The van der Waals surface area contributed by atoms with Crippen LogP contribution in [0, 0.1) is 36.5 Å². The number of carbonyl (C=O) groups is 1. The maximum atomic E-state index is 12.6. The predicted molar refractivity (Wildman–Crippen MR) is 130 cm³/mol. The molecule has 164 valence electrons. The number of anilines is 1. The molecule has 0 atom stereocenters. The first-order valence-corrected chi connectivity index (χ1v) is 10.7. The Morgan fingerprint density at radius 1 is 1.03 bits per heavy atom. The highest BCUT2D eigenvalue weighted by Gasteiger charge is 2.14. The zero-order valence-electron chi connectivity index (χ0n) is 17.9. The zero-order chi connectivity index (χ0) is 24.0. The quantitative estimate of drug-likeness (QED) is 0.321. The standard InChI is InChI=1S/C26H19Cl2N3O2/c1-16-7-8-22(9-17(16)2)31-26(32)21(14-30)10-18-11-23(27)25(24(28)12-18)33-15-20-6-4-3-5-19(20)13-29/h3-12H,15H2,1-2H3,(H,31,32)/b21-10+. The average Bonchev–Trinajstić information content (AvgIpc) is 2.79. The number of amides is 1. The SMILES string of the molecule is Cc1ccc(NC(=O)/C(C#N)=C/c2cc(Cl)c(OCc3ccccc3C#N)c(Cl)c2)cc1C. The van der Waals surface area contributed by atoms with E-state index in [1.54, 1.807) is 36.4 Å². The lowest BCUT2D eigenvalue weighted by molar-refractivity contribution is -0.112. The van der Waals surface area contributed by atoms with Crippen LogP contribution in [0.2, 0.25) is 10.0 Å². The monoisotopic (exact) mass is 475 g/mol. The van der Waals surface area contributed by atoms with Crippen LogP contribution in [0.3, 0.4) is 0 Å². The van der Waals surface area contributed by atoms with Crippen LogP contribution < -0.4 is 10.1 Å². The molecule has 3 aromatic carbocycles. The second kappa shape index (κ2) is 10.7. The number of carbonyl (C=O) groups excluding carboxylic acids is 1. The van der Waals surface area contributed by atoms with E-state index in [0.29, 0.717) is 22.4 Å². The van der Waals surface area contributed by atoms with Crippen LogP contribution in [0.5, 0.6) is 5.75 Å². The molecule has 0 saturated carbocycles. The van der Waals surface area contributed by atoms with E-state index < -0.39 is 5.91 Å². The molecule has 3 aromatic rings. The van der Waals surface area contributed by atoms with Crippen molar-refractivity contribution >= 4 is 40.9 Å². The van der Waals surface area contributed by atoms with Crippen LogP contribution in [0.1, 0.15) is 27.8 Å². The Bertz CT molecular complexity index is 1310. The summed E-state index contributed by atoms with van der Waals surface area (Å²) in [5, 5.41) is 21.9. The van der Waals surface area contributed by atoms with Crippen LogP contribution in [0.4, 0.5) is 5.69 Å². The molecule has 0 aromatic heterocycles. The lowest BCUT2D eigenvalue weighted by Gasteiger charge is -2.12. The number of ether oxygens (including phenoxy) is 1. The zero-order valence-corrected chi connectivity index (χ0v) is 19.5. The van der Waals surface area contributed by atoms with Gasteiger partial charge in [-0.1, -0.05) is 47.5 Å². The topological polar surface area (TPSA) is 85.9 Å². The first-order valence-electron chi connectivity index (χ1n) is 9.92. The van der Waals surface area contributed by atoms with E-state index in [1.807, 2.05) is 38.1 Å². The summed E-state index contributed by atoms with van der Waals surface area (Å²) >= 11 is 12.7. The molecule has 0 heterocycles. The lowest BCUT2D eigenvalue weighted by atomic mass is 10.1. The van der Waals surface area contributed by atoms with Gasteiger partial charge in [-0.05, 0) is 66.9 Å². The van der Waals surface area contributed by atoms with E-state index >= 15 is 0 Å². The number of hydrogen-bond acceptors (Lipinski definition) is 4. The fraction of sp³-hybridized carbons (Fsp3) is 0.115. The highest BCUT2D eigenvalue weighted by Crippen LogP contribution is 2.35. The first kappa shape index (κ1) is 23.9. The van der Waals surface area contributed by atoms with E-state index in [9.17, 15) is 15.3 Å². The molecule has 33 heavy (non-hydrogen) atoms. The lowest BCUT2D eigenvalue weighted by Crippen LogP contribution is -2.13. The number of benzene rings is 3. The van der Waals surface area contributed by atoms with Gasteiger partial charge in [-0.25, -0.2) is 0 Å². The van der Waals surface area contributed by atoms with Gasteiger partial charge in [0, 0.05) is 11.3 Å². The van der Waals surface area contributed by atoms with Crippen LogP contribution in [0.15, 0.2) is 60.2 Å². The molecule has 0 bridgehead atoms. The number of nitrogens with zero attached hydrogens (tertiary/aromatic N) is 2. The molecule has 0 aliphatic heterocycles. The van der Waals surface area contributed by atoms with Crippen LogP contribution in [-0.4, -0.2) is 5.91 Å². The van der Waals surface area contributed by atoms with Gasteiger partial charge < -0.3 is 10.1 Å². The summed E-state index contributed by atoms with van der Waals surface area (Å²) in [4.78, 5) is 12.6. The molecule has 0 fully saturated rings. The van der Waals surface area contributed by atoms with E-state index in [2.05, 4.69) is 11.4 Å². The number of rotatable bonds is 6. The Labute approximate surface area is 202 Å². The van der Waals surface area contributed by atoms with Gasteiger partial charge in [0.25, 0.3) is 5.91 Å². The van der Waals surface area contributed by atoms with Gasteiger partial charge in [0.05, 0.1) is 21.7 Å². The van der Waals surface area contributed by atoms with Crippen LogP contribution >= 0.6 is 23.2 Å². The third kappa shape index (κ3) is 5.93. The molecule has 0 spiro atoms. The Morgan fingerprint density at radius 3 is 2.36 bits per heavy atom. The number of nitrogens with one attached hydrogen (secondary N) is 1. The fourth-order valence-electron chi connectivity index (χ4n) is 3.04. The maximum Gasteiger partial charge on any atom is 0.266 e. The molecule has 0 aliphatic rings. The van der Waals surface area contributed by atoms with E-state index in [-0.39, 0.29) is 28.0 Å². The summed E-state index contributed by atoms with van der Waals surface area (Å²) in [5.41, 5.74) is 4.30. The molecule has 1 N–H and O–H groups in total. The van der Waals surface area contributed by atoms with Gasteiger partial charge in [0.2, 0.25) is 0 Å². The summed E-state index contributed by atoms with van der Waals surface area (Å²) in [6, 6.07) is 19.7. The second-order valence-electron chi connectivity index (χ2n) is 7.29. The predicted octanol–water partition coefficient (Wildman–Crippen LogP) is 6.61. The smallest absolute Gasteiger partial charge is 0.266 e. The number of nitriles is 2. The van der Waals surface area contributed by atoms with Crippen molar-refractivity contribution in [1.29, 1.82) is 10.5 Å². The number of hydrogen-bond donors (Lipinski definition) is 1. The van der Waals surface area contributed by atoms with Crippen molar-refractivity contribution in [3.63, 3.8) is 0 Å². The van der Waals surface area contributed by atoms with Crippen molar-refractivity contribution < 1.29 is 9.53 Å². The van der Waals surface area contributed by atoms with Gasteiger partial charge in [0.15, 0.2) is 5.75 Å². The fourth-order valence-corrected chi connectivity index (χ4v) is 3.65. The van der Waals surface area contributed by atoms with Crippen molar-refractivity contribution in [2.75, 3.05) is 5.32 Å². The van der Waals surface area contributed by atoms with Crippen molar-refractivity contribution in [3.05, 3.63) is 98.0 Å². The van der Waals surface area contributed by atoms with E-state index in [1.165, 1.54) is 6.08 Å². The van der Waals surface area contributed by atoms with Crippen molar-refractivity contribution in [2.24, 2.45) is 0 Å². The third-order valence-corrected chi connectivity index (χ3v) is 5.53.